The average Bonchev–Trinajstić information content (AvgIpc) is 2.25. The molecular weight excluding hydrogens is 252 g/mol. The van der Waals surface area contributed by atoms with Gasteiger partial charge in [-0.05, 0) is 49.6 Å². The maximum Gasteiger partial charge on any atom is 0.152 e. The number of aliphatic hydroxyl groups excluding tert-OH is 1. The standard InChI is InChI=1S/C13H20O4S/c1-8-6-11(7-9(2)13(8)17-4)12(14)10(3)18(5,15)16/h6-7,10,12,14H,1-5H3. The van der Waals surface area contributed by atoms with Gasteiger partial charge in [-0.15, -0.1) is 0 Å². The molecule has 0 aromatic heterocycles. The average molecular weight is 272 g/mol. The van der Waals surface area contributed by atoms with Gasteiger partial charge in [0, 0.05) is 6.26 Å². The predicted octanol–water partition coefficient (Wildman–Crippen LogP) is 1.78. The lowest BCUT2D eigenvalue weighted by atomic mass is 10.0. The van der Waals surface area contributed by atoms with E-state index in [9.17, 15) is 13.5 Å². The molecule has 0 saturated heterocycles. The minimum Gasteiger partial charge on any atom is -0.496 e. The summed E-state index contributed by atoms with van der Waals surface area (Å²) in [5, 5.41) is 9.29. The lowest BCUT2D eigenvalue weighted by Crippen LogP contribution is -2.24. The topological polar surface area (TPSA) is 63.6 Å². The molecule has 18 heavy (non-hydrogen) atoms. The Hall–Kier alpha value is -1.07. The Bertz CT molecular complexity index is 511. The highest BCUT2D eigenvalue weighted by molar-refractivity contribution is 7.91. The first kappa shape index (κ1) is 15.0. The van der Waals surface area contributed by atoms with Crippen molar-refractivity contribution < 1.29 is 18.3 Å². The molecule has 0 saturated carbocycles. The first-order valence-electron chi connectivity index (χ1n) is 5.70. The summed E-state index contributed by atoms with van der Waals surface area (Å²) in [5.41, 5.74) is 2.36. The third-order valence-corrected chi connectivity index (χ3v) is 4.76. The van der Waals surface area contributed by atoms with Gasteiger partial charge in [0.2, 0.25) is 0 Å². The van der Waals surface area contributed by atoms with Crippen molar-refractivity contribution in [3.8, 4) is 5.75 Å². The fraction of sp³-hybridized carbons (Fsp3) is 0.538. The Morgan fingerprint density at radius 3 is 2.00 bits per heavy atom. The number of rotatable bonds is 4. The highest BCUT2D eigenvalue weighted by atomic mass is 32.2. The van der Waals surface area contributed by atoms with Crippen LogP contribution in [-0.2, 0) is 9.84 Å². The van der Waals surface area contributed by atoms with Crippen LogP contribution < -0.4 is 4.74 Å². The molecule has 1 N–H and O–H groups in total. The first-order chi connectivity index (χ1) is 8.18. The Morgan fingerprint density at radius 1 is 1.22 bits per heavy atom. The van der Waals surface area contributed by atoms with Crippen LogP contribution in [0.2, 0.25) is 0 Å². The van der Waals surface area contributed by atoms with Crippen molar-refractivity contribution in [3.05, 3.63) is 28.8 Å². The van der Waals surface area contributed by atoms with E-state index in [1.807, 2.05) is 13.8 Å². The van der Waals surface area contributed by atoms with Crippen molar-refractivity contribution in [2.75, 3.05) is 13.4 Å². The summed E-state index contributed by atoms with van der Waals surface area (Å²) in [6.07, 6.45) is 0.104. The molecule has 0 amide bonds. The van der Waals surface area contributed by atoms with Gasteiger partial charge >= 0.3 is 0 Å². The molecule has 0 fully saturated rings. The Labute approximate surface area is 109 Å². The van der Waals surface area contributed by atoms with Crippen LogP contribution in [0.1, 0.15) is 29.7 Å². The SMILES string of the molecule is COc1c(C)cc(C(O)C(C)S(C)(=O)=O)cc1C. The summed E-state index contributed by atoms with van der Waals surface area (Å²) in [4.78, 5) is 0. The molecule has 2 atom stereocenters. The van der Waals surface area contributed by atoms with Gasteiger partial charge in [0.1, 0.15) is 5.75 Å². The smallest absolute Gasteiger partial charge is 0.152 e. The fourth-order valence-electron chi connectivity index (χ4n) is 1.98. The van der Waals surface area contributed by atoms with Gasteiger partial charge in [-0.1, -0.05) is 0 Å². The molecule has 0 radical (unpaired) electrons. The zero-order chi connectivity index (χ0) is 14.1. The van der Waals surface area contributed by atoms with Crippen molar-refractivity contribution in [1.29, 1.82) is 0 Å². The van der Waals surface area contributed by atoms with Gasteiger partial charge in [0.05, 0.1) is 18.5 Å². The molecule has 1 aromatic carbocycles. The Morgan fingerprint density at radius 2 is 1.67 bits per heavy atom. The van der Waals surface area contributed by atoms with Crippen LogP contribution in [0, 0.1) is 13.8 Å². The van der Waals surface area contributed by atoms with Crippen molar-refractivity contribution in [2.45, 2.75) is 32.1 Å². The van der Waals surface area contributed by atoms with Crippen molar-refractivity contribution >= 4 is 9.84 Å². The van der Waals surface area contributed by atoms with Gasteiger partial charge in [-0.2, -0.15) is 0 Å². The lowest BCUT2D eigenvalue weighted by Gasteiger charge is -2.20. The van der Waals surface area contributed by atoms with Crippen LogP contribution in [0.5, 0.6) is 5.75 Å². The molecule has 1 rings (SSSR count). The van der Waals surface area contributed by atoms with Crippen LogP contribution in [-0.4, -0.2) is 32.1 Å². The number of methoxy groups -OCH3 is 1. The zero-order valence-corrected chi connectivity index (χ0v) is 12.2. The van der Waals surface area contributed by atoms with Gasteiger partial charge in [0.25, 0.3) is 0 Å². The summed E-state index contributed by atoms with van der Waals surface area (Å²) in [7, 11) is -1.68. The summed E-state index contributed by atoms with van der Waals surface area (Å²) in [6, 6.07) is 3.52. The minimum absolute atomic E-state index is 0.601. The van der Waals surface area contributed by atoms with Crippen LogP contribution in [0.4, 0.5) is 0 Å². The molecule has 2 unspecified atom stereocenters. The second-order valence-electron chi connectivity index (χ2n) is 4.67. The molecule has 0 aliphatic heterocycles. The van der Waals surface area contributed by atoms with Gasteiger partial charge in [0.15, 0.2) is 9.84 Å². The first-order valence-corrected chi connectivity index (χ1v) is 7.66. The minimum atomic E-state index is -3.27. The van der Waals surface area contributed by atoms with Gasteiger partial charge < -0.3 is 9.84 Å². The third-order valence-electron chi connectivity index (χ3n) is 3.15. The highest BCUT2D eigenvalue weighted by Gasteiger charge is 2.26. The van der Waals surface area contributed by atoms with E-state index < -0.39 is 21.2 Å². The van der Waals surface area contributed by atoms with Crippen LogP contribution in [0.15, 0.2) is 12.1 Å². The van der Waals surface area contributed by atoms with E-state index in [4.69, 9.17) is 4.74 Å². The molecule has 0 spiro atoms. The van der Waals surface area contributed by atoms with E-state index in [-0.39, 0.29) is 0 Å². The van der Waals surface area contributed by atoms with E-state index in [0.717, 1.165) is 23.1 Å². The summed E-state index contributed by atoms with van der Waals surface area (Å²) < 4.78 is 28.1. The summed E-state index contributed by atoms with van der Waals surface area (Å²) in [5.74, 6) is 0.762. The lowest BCUT2D eigenvalue weighted by molar-refractivity contribution is 0.176. The largest absolute Gasteiger partial charge is 0.496 e. The summed E-state index contributed by atoms with van der Waals surface area (Å²) in [6.45, 7) is 5.25. The summed E-state index contributed by atoms with van der Waals surface area (Å²) >= 11 is 0. The molecule has 102 valence electrons. The van der Waals surface area contributed by atoms with Gasteiger partial charge in [-0.3, -0.25) is 0 Å². The molecule has 1 aromatic rings. The van der Waals surface area contributed by atoms with Crippen molar-refractivity contribution in [2.24, 2.45) is 0 Å². The second kappa shape index (κ2) is 5.28. The third kappa shape index (κ3) is 3.03. The number of aliphatic hydroxyl groups is 1. The normalized spacial score (nSPS) is 15.2. The molecule has 0 aliphatic carbocycles. The number of hydrogen-bond donors (Lipinski definition) is 1. The highest BCUT2D eigenvalue weighted by Crippen LogP contribution is 2.29. The van der Waals surface area contributed by atoms with Crippen molar-refractivity contribution in [3.63, 3.8) is 0 Å². The molecule has 5 heteroatoms. The van der Waals surface area contributed by atoms with Gasteiger partial charge in [-0.25, -0.2) is 8.42 Å². The monoisotopic (exact) mass is 272 g/mol. The van der Waals surface area contributed by atoms with E-state index in [1.165, 1.54) is 6.92 Å². The number of hydrogen-bond acceptors (Lipinski definition) is 4. The second-order valence-corrected chi connectivity index (χ2v) is 7.07. The molecule has 0 bridgehead atoms. The van der Waals surface area contributed by atoms with Crippen molar-refractivity contribution in [1.82, 2.24) is 0 Å². The van der Waals surface area contributed by atoms with Crippen LogP contribution in [0.25, 0.3) is 0 Å². The van der Waals surface area contributed by atoms with E-state index in [0.29, 0.717) is 5.56 Å². The predicted molar refractivity (Wildman–Crippen MR) is 71.7 cm³/mol. The Kier molecular flexibility index (Phi) is 4.40. The molecular formula is C13H20O4S. The number of aryl methyl sites for hydroxylation is 2. The molecule has 0 aliphatic rings. The number of benzene rings is 1. The van der Waals surface area contributed by atoms with E-state index >= 15 is 0 Å². The fourth-order valence-corrected chi connectivity index (χ4v) is 2.61. The molecule has 0 heterocycles. The zero-order valence-electron chi connectivity index (χ0n) is 11.4. The van der Waals surface area contributed by atoms with Crippen LogP contribution in [0.3, 0.4) is 0 Å². The van der Waals surface area contributed by atoms with E-state index in [1.54, 1.807) is 19.2 Å². The quantitative estimate of drug-likeness (QED) is 0.907. The number of sulfone groups is 1. The maximum absolute atomic E-state index is 11.5. The Balaban J connectivity index is 3.20. The maximum atomic E-state index is 11.5. The van der Waals surface area contributed by atoms with E-state index in [2.05, 4.69) is 0 Å². The number of ether oxygens (including phenoxy) is 1. The molecule has 4 nitrogen and oxygen atoms in total. The van der Waals surface area contributed by atoms with Crippen LogP contribution >= 0.6 is 0 Å².